The molecule has 0 radical (unpaired) electrons. The van der Waals surface area contributed by atoms with Crippen molar-refractivity contribution in [3.8, 4) is 17.2 Å². The summed E-state index contributed by atoms with van der Waals surface area (Å²) >= 11 is 0. The van der Waals surface area contributed by atoms with E-state index in [1.807, 2.05) is 49.4 Å². The van der Waals surface area contributed by atoms with Crippen LogP contribution in [-0.4, -0.2) is 60.1 Å². The number of hydrogen-bond acceptors (Lipinski definition) is 7. The predicted molar refractivity (Wildman–Crippen MR) is 152 cm³/mol. The minimum atomic E-state index is -0.931. The van der Waals surface area contributed by atoms with Gasteiger partial charge in [0, 0.05) is 30.5 Å². The van der Waals surface area contributed by atoms with Gasteiger partial charge < -0.3 is 24.4 Å². The minimum absolute atomic E-state index is 0.0716. The zero-order valence-corrected chi connectivity index (χ0v) is 23.5. The maximum absolute atomic E-state index is 14.1. The number of nitrogens with zero attached hydrogens (tertiary/aromatic N) is 3. The monoisotopic (exact) mass is 546 g/mol. The van der Waals surface area contributed by atoms with Crippen LogP contribution in [0.15, 0.2) is 61.1 Å². The van der Waals surface area contributed by atoms with Gasteiger partial charge >= 0.3 is 0 Å². The van der Waals surface area contributed by atoms with Gasteiger partial charge in [-0.1, -0.05) is 43.5 Å². The number of amides is 2. The Morgan fingerprint density at radius 2 is 1.77 bits per heavy atom. The largest absolute Gasteiger partial charge is 0.494 e. The number of aromatic nitrogens is 2. The zero-order chi connectivity index (χ0) is 28.3. The number of nitrogens with one attached hydrogen (secondary N) is 1. The molecule has 1 fully saturated rings. The van der Waals surface area contributed by atoms with Crippen LogP contribution in [0.3, 0.4) is 0 Å². The Morgan fingerprint density at radius 3 is 2.48 bits per heavy atom. The van der Waals surface area contributed by atoms with E-state index in [1.54, 1.807) is 19.1 Å². The average Bonchev–Trinajstić information content (AvgIpc) is 3.00. The Labute approximate surface area is 235 Å². The first-order valence-electron chi connectivity index (χ1n) is 13.9. The number of hydrogen-bond donors (Lipinski definition) is 1. The fraction of sp³-hybridized carbons (Fsp3) is 0.419. The van der Waals surface area contributed by atoms with Gasteiger partial charge in [0.2, 0.25) is 5.91 Å². The fourth-order valence-electron chi connectivity index (χ4n) is 5.16. The SMILES string of the molecule is CCOc1ccccc1[C@H](C(=O)NC1CCCCC1)N(CCc1ccc(OC)c(OC)c1)C(=O)c1cnccn1. The lowest BCUT2D eigenvalue weighted by Crippen LogP contribution is -2.48. The van der Waals surface area contributed by atoms with Crippen molar-refractivity contribution in [2.45, 2.75) is 57.5 Å². The molecule has 9 heteroatoms. The van der Waals surface area contributed by atoms with Gasteiger partial charge in [0.05, 0.1) is 27.0 Å². The van der Waals surface area contributed by atoms with Crippen LogP contribution in [0.2, 0.25) is 0 Å². The third kappa shape index (κ3) is 7.08. The van der Waals surface area contributed by atoms with Crippen molar-refractivity contribution < 1.29 is 23.8 Å². The predicted octanol–water partition coefficient (Wildman–Crippen LogP) is 4.77. The van der Waals surface area contributed by atoms with E-state index in [4.69, 9.17) is 14.2 Å². The first-order chi connectivity index (χ1) is 19.5. The Kier molecular flexibility index (Phi) is 10.3. The van der Waals surface area contributed by atoms with Crippen molar-refractivity contribution >= 4 is 11.8 Å². The average molecular weight is 547 g/mol. The molecular formula is C31H38N4O5. The molecule has 1 heterocycles. The summed E-state index contributed by atoms with van der Waals surface area (Å²) in [6.45, 7) is 2.57. The van der Waals surface area contributed by atoms with E-state index < -0.39 is 6.04 Å². The second kappa shape index (κ2) is 14.3. The molecule has 2 aromatic carbocycles. The summed E-state index contributed by atoms with van der Waals surface area (Å²) < 4.78 is 16.8. The minimum Gasteiger partial charge on any atom is -0.494 e. The molecule has 3 aromatic rings. The molecule has 1 aromatic heterocycles. The van der Waals surface area contributed by atoms with Gasteiger partial charge in [-0.25, -0.2) is 4.98 Å². The van der Waals surface area contributed by atoms with Crippen LogP contribution in [-0.2, 0) is 11.2 Å². The number of rotatable bonds is 12. The molecule has 0 saturated heterocycles. The molecule has 0 aliphatic heterocycles. The van der Waals surface area contributed by atoms with Crippen molar-refractivity contribution in [2.24, 2.45) is 0 Å². The van der Waals surface area contributed by atoms with E-state index in [0.29, 0.717) is 35.8 Å². The number of ether oxygens (including phenoxy) is 3. The highest BCUT2D eigenvalue weighted by molar-refractivity contribution is 5.96. The van der Waals surface area contributed by atoms with Crippen LogP contribution < -0.4 is 19.5 Å². The van der Waals surface area contributed by atoms with Gasteiger partial charge in [-0.3, -0.25) is 14.6 Å². The molecule has 2 amide bonds. The molecule has 1 saturated carbocycles. The molecule has 0 unspecified atom stereocenters. The van der Waals surface area contributed by atoms with Gasteiger partial charge in [0.25, 0.3) is 5.91 Å². The van der Waals surface area contributed by atoms with E-state index in [0.717, 1.165) is 31.2 Å². The lowest BCUT2D eigenvalue weighted by atomic mass is 9.94. The summed E-state index contributed by atoms with van der Waals surface area (Å²) in [6.07, 6.45) is 10.1. The van der Waals surface area contributed by atoms with Gasteiger partial charge in [-0.2, -0.15) is 0 Å². The van der Waals surface area contributed by atoms with E-state index in [2.05, 4.69) is 15.3 Å². The highest BCUT2D eigenvalue weighted by atomic mass is 16.5. The molecule has 1 aliphatic carbocycles. The van der Waals surface area contributed by atoms with E-state index in [-0.39, 0.29) is 30.1 Å². The summed E-state index contributed by atoms with van der Waals surface area (Å²) in [5.41, 5.74) is 1.72. The number of carbonyl (C=O) groups is 2. The highest BCUT2D eigenvalue weighted by Crippen LogP contribution is 2.33. The number of para-hydroxylation sites is 1. The Bertz CT molecular complexity index is 1260. The van der Waals surface area contributed by atoms with Crippen LogP contribution in [0.4, 0.5) is 0 Å². The van der Waals surface area contributed by atoms with Crippen molar-refractivity contribution in [3.05, 3.63) is 77.9 Å². The standard InChI is InChI=1S/C31H38N4O5/c1-4-40-26-13-9-8-12-24(26)29(30(36)34-23-10-6-5-7-11-23)35(31(37)25-21-32-17-18-33-25)19-16-22-14-15-27(38-2)28(20-22)39-3/h8-9,12-15,17-18,20-21,23,29H,4-7,10-11,16,19H2,1-3H3,(H,34,36)/t29-/m1/s1. The summed E-state index contributed by atoms with van der Waals surface area (Å²) in [5, 5.41) is 3.24. The normalized spacial score (nSPS) is 14.2. The second-order valence-corrected chi connectivity index (χ2v) is 9.75. The molecular weight excluding hydrogens is 508 g/mol. The van der Waals surface area contributed by atoms with Gasteiger partial charge in [0.1, 0.15) is 17.5 Å². The molecule has 1 N–H and O–H groups in total. The maximum Gasteiger partial charge on any atom is 0.275 e. The molecule has 40 heavy (non-hydrogen) atoms. The van der Waals surface area contributed by atoms with Crippen LogP contribution in [0.25, 0.3) is 0 Å². The maximum atomic E-state index is 14.1. The van der Waals surface area contributed by atoms with Crippen LogP contribution >= 0.6 is 0 Å². The molecule has 0 bridgehead atoms. The van der Waals surface area contributed by atoms with Crippen molar-refractivity contribution in [1.29, 1.82) is 0 Å². The van der Waals surface area contributed by atoms with Gasteiger partial charge in [0.15, 0.2) is 11.5 Å². The van der Waals surface area contributed by atoms with Crippen LogP contribution in [0, 0.1) is 0 Å². The first kappa shape index (κ1) is 28.9. The van der Waals surface area contributed by atoms with Gasteiger partial charge in [-0.15, -0.1) is 0 Å². The van der Waals surface area contributed by atoms with Gasteiger partial charge in [-0.05, 0) is 49.9 Å². The van der Waals surface area contributed by atoms with E-state index in [9.17, 15) is 9.59 Å². The highest BCUT2D eigenvalue weighted by Gasteiger charge is 2.35. The smallest absolute Gasteiger partial charge is 0.275 e. The number of carbonyl (C=O) groups excluding carboxylic acids is 2. The van der Waals surface area contributed by atoms with Crippen LogP contribution in [0.5, 0.6) is 17.2 Å². The Balaban J connectivity index is 1.74. The topological polar surface area (TPSA) is 103 Å². The quantitative estimate of drug-likeness (QED) is 0.349. The summed E-state index contributed by atoms with van der Waals surface area (Å²) in [5.74, 6) is 1.17. The number of benzene rings is 2. The van der Waals surface area contributed by atoms with Crippen molar-refractivity contribution in [2.75, 3.05) is 27.4 Å². The van der Waals surface area contributed by atoms with E-state index >= 15 is 0 Å². The Hall–Kier alpha value is -4.14. The molecule has 9 nitrogen and oxygen atoms in total. The first-order valence-corrected chi connectivity index (χ1v) is 13.9. The lowest BCUT2D eigenvalue weighted by molar-refractivity contribution is -0.127. The second-order valence-electron chi connectivity index (χ2n) is 9.75. The van der Waals surface area contributed by atoms with Crippen LogP contribution in [0.1, 0.15) is 66.7 Å². The lowest BCUT2D eigenvalue weighted by Gasteiger charge is -2.34. The zero-order valence-electron chi connectivity index (χ0n) is 23.5. The third-order valence-electron chi connectivity index (χ3n) is 7.16. The van der Waals surface area contributed by atoms with E-state index in [1.165, 1.54) is 25.0 Å². The molecule has 212 valence electrons. The summed E-state index contributed by atoms with van der Waals surface area (Å²) in [4.78, 5) is 38.1. The van der Waals surface area contributed by atoms with Crippen molar-refractivity contribution in [3.63, 3.8) is 0 Å². The number of methoxy groups -OCH3 is 2. The summed E-state index contributed by atoms with van der Waals surface area (Å²) in [6, 6.07) is 12.2. The molecule has 1 atom stereocenters. The Morgan fingerprint density at radius 1 is 1.00 bits per heavy atom. The molecule has 0 spiro atoms. The third-order valence-corrected chi connectivity index (χ3v) is 7.16. The van der Waals surface area contributed by atoms with Crippen molar-refractivity contribution in [1.82, 2.24) is 20.2 Å². The molecule has 4 rings (SSSR count). The fourth-order valence-corrected chi connectivity index (χ4v) is 5.16. The summed E-state index contributed by atoms with van der Waals surface area (Å²) in [7, 11) is 3.17. The molecule has 1 aliphatic rings.